The van der Waals surface area contributed by atoms with Gasteiger partial charge in [0.05, 0.1) is 18.9 Å². The molecule has 1 saturated carbocycles. The zero-order chi connectivity index (χ0) is 21.9. The normalized spacial score (nSPS) is 28.8. The number of ether oxygens (including phenoxy) is 1. The standard InChI is InChI=1S/C23H23N5O3S/c1-28-8-6-23(30,21(28)29)14-4-2-3-13(9-14)20-25-18(12-32-20)17-5-7-24-22(26-17)27-19-15-10-31-11-16(15)19/h2-5,7,9,12,15-16,19,30H,6,8,10-11H2,1H3,(H,24,26,27)/t15-,16-,23-/m1/s1. The molecular weight excluding hydrogens is 426 g/mol. The largest absolute Gasteiger partial charge is 0.381 e. The molecule has 0 radical (unpaired) electrons. The number of aromatic nitrogens is 3. The number of nitrogens with zero attached hydrogens (tertiary/aromatic N) is 4. The summed E-state index contributed by atoms with van der Waals surface area (Å²) >= 11 is 1.51. The van der Waals surface area contributed by atoms with Gasteiger partial charge in [0.15, 0.2) is 5.60 Å². The molecule has 4 heterocycles. The Labute approximate surface area is 189 Å². The number of fused-ring (bicyclic) bond motifs is 1. The van der Waals surface area contributed by atoms with E-state index >= 15 is 0 Å². The number of amides is 1. The second-order valence-corrected chi connectivity index (χ2v) is 9.61. The number of carbonyl (C=O) groups is 1. The van der Waals surface area contributed by atoms with Crippen LogP contribution >= 0.6 is 11.3 Å². The zero-order valence-corrected chi connectivity index (χ0v) is 18.4. The molecule has 1 aliphatic carbocycles. The summed E-state index contributed by atoms with van der Waals surface area (Å²) in [6, 6.07) is 9.72. The highest BCUT2D eigenvalue weighted by Gasteiger charge is 2.54. The number of likely N-dealkylation sites (tertiary alicyclic amines) is 1. The molecule has 164 valence electrons. The molecule has 3 fully saturated rings. The zero-order valence-electron chi connectivity index (χ0n) is 17.6. The molecule has 0 unspecified atom stereocenters. The summed E-state index contributed by atoms with van der Waals surface area (Å²) in [5.74, 6) is 1.50. The molecule has 2 aliphatic heterocycles. The third-order valence-corrected chi connectivity index (χ3v) is 7.66. The van der Waals surface area contributed by atoms with Crippen LogP contribution in [0, 0.1) is 11.8 Å². The second-order valence-electron chi connectivity index (χ2n) is 8.76. The van der Waals surface area contributed by atoms with Gasteiger partial charge < -0.3 is 20.1 Å². The molecule has 3 atom stereocenters. The van der Waals surface area contributed by atoms with Gasteiger partial charge in [-0.05, 0) is 17.7 Å². The van der Waals surface area contributed by atoms with E-state index in [1.807, 2.05) is 29.6 Å². The minimum Gasteiger partial charge on any atom is -0.381 e. The van der Waals surface area contributed by atoms with E-state index in [4.69, 9.17) is 9.72 Å². The van der Waals surface area contributed by atoms with Crippen molar-refractivity contribution in [3.63, 3.8) is 0 Å². The van der Waals surface area contributed by atoms with Crippen molar-refractivity contribution in [3.05, 3.63) is 47.5 Å². The molecule has 8 nitrogen and oxygen atoms in total. The molecule has 32 heavy (non-hydrogen) atoms. The summed E-state index contributed by atoms with van der Waals surface area (Å²) in [5.41, 5.74) is 1.54. The highest BCUT2D eigenvalue weighted by atomic mass is 32.1. The molecule has 0 bridgehead atoms. The Hall–Kier alpha value is -2.88. The van der Waals surface area contributed by atoms with Gasteiger partial charge in [-0.1, -0.05) is 18.2 Å². The molecular formula is C23H23N5O3S. The van der Waals surface area contributed by atoms with Crippen molar-refractivity contribution in [2.24, 2.45) is 11.8 Å². The molecule has 2 aromatic heterocycles. The third-order valence-electron chi connectivity index (χ3n) is 6.77. The van der Waals surface area contributed by atoms with E-state index in [0.29, 0.717) is 42.4 Å². The van der Waals surface area contributed by atoms with Crippen molar-refractivity contribution in [1.29, 1.82) is 0 Å². The Morgan fingerprint density at radius 1 is 1.22 bits per heavy atom. The first-order chi connectivity index (χ1) is 15.5. The second kappa shape index (κ2) is 7.33. The SMILES string of the molecule is CN1CC[C@@](O)(c2cccc(-c3nc(-c4ccnc(NC5[C@@H]6COC[C@@H]56)n4)cs3)c2)C1=O. The molecule has 1 amide bonds. The summed E-state index contributed by atoms with van der Waals surface area (Å²) in [5, 5.41) is 17.2. The first-order valence-corrected chi connectivity index (χ1v) is 11.6. The van der Waals surface area contributed by atoms with E-state index in [0.717, 1.165) is 35.2 Å². The Morgan fingerprint density at radius 3 is 2.84 bits per heavy atom. The Bertz CT molecular complexity index is 1190. The molecule has 3 aliphatic rings. The number of nitrogens with one attached hydrogen (secondary N) is 1. The Balaban J connectivity index is 1.24. The van der Waals surface area contributed by atoms with Crippen LogP contribution in [0.1, 0.15) is 12.0 Å². The van der Waals surface area contributed by atoms with Crippen molar-refractivity contribution in [3.8, 4) is 22.0 Å². The number of hydrogen-bond acceptors (Lipinski definition) is 8. The first-order valence-electron chi connectivity index (χ1n) is 10.7. The maximum atomic E-state index is 12.5. The van der Waals surface area contributed by atoms with Crippen LogP contribution in [-0.2, 0) is 15.1 Å². The van der Waals surface area contributed by atoms with Crippen LogP contribution in [-0.4, -0.2) is 63.7 Å². The number of anilines is 1. The van der Waals surface area contributed by atoms with Gasteiger partial charge in [-0.3, -0.25) is 4.79 Å². The van der Waals surface area contributed by atoms with Gasteiger partial charge in [-0.25, -0.2) is 15.0 Å². The highest BCUT2D eigenvalue weighted by molar-refractivity contribution is 7.13. The van der Waals surface area contributed by atoms with Gasteiger partial charge in [0.2, 0.25) is 5.95 Å². The lowest BCUT2D eigenvalue weighted by molar-refractivity contribution is -0.143. The van der Waals surface area contributed by atoms with Crippen molar-refractivity contribution >= 4 is 23.2 Å². The quantitative estimate of drug-likeness (QED) is 0.617. The number of carbonyl (C=O) groups excluding carboxylic acids is 1. The van der Waals surface area contributed by atoms with E-state index in [-0.39, 0.29) is 5.91 Å². The molecule has 2 N–H and O–H groups in total. The van der Waals surface area contributed by atoms with E-state index in [2.05, 4.69) is 15.3 Å². The molecule has 9 heteroatoms. The maximum absolute atomic E-state index is 12.5. The third kappa shape index (κ3) is 3.19. The number of aliphatic hydroxyl groups is 1. The smallest absolute Gasteiger partial charge is 0.258 e. The monoisotopic (exact) mass is 449 g/mol. The van der Waals surface area contributed by atoms with Crippen LogP contribution in [0.5, 0.6) is 0 Å². The number of thiazole rings is 1. The predicted molar refractivity (Wildman–Crippen MR) is 120 cm³/mol. The van der Waals surface area contributed by atoms with Gasteiger partial charge in [-0.2, -0.15) is 0 Å². The first kappa shape index (κ1) is 19.8. The molecule has 2 saturated heterocycles. The fourth-order valence-electron chi connectivity index (χ4n) is 4.73. The van der Waals surface area contributed by atoms with Crippen LogP contribution in [0.15, 0.2) is 41.9 Å². The molecule has 6 rings (SSSR count). The number of rotatable bonds is 5. The number of likely N-dealkylation sites (N-methyl/N-ethyl adjacent to an activating group) is 1. The fourth-order valence-corrected chi connectivity index (χ4v) is 5.54. The molecule has 3 aromatic rings. The van der Waals surface area contributed by atoms with E-state index < -0.39 is 5.60 Å². The van der Waals surface area contributed by atoms with Crippen molar-refractivity contribution < 1.29 is 14.6 Å². The van der Waals surface area contributed by atoms with Crippen LogP contribution in [0.2, 0.25) is 0 Å². The maximum Gasteiger partial charge on any atom is 0.258 e. The molecule has 0 spiro atoms. The van der Waals surface area contributed by atoms with Gasteiger partial charge >= 0.3 is 0 Å². The summed E-state index contributed by atoms with van der Waals surface area (Å²) in [6.07, 6.45) is 2.14. The lowest BCUT2D eigenvalue weighted by Crippen LogP contribution is -2.36. The van der Waals surface area contributed by atoms with Crippen LogP contribution in [0.4, 0.5) is 5.95 Å². The van der Waals surface area contributed by atoms with Crippen LogP contribution in [0.25, 0.3) is 22.0 Å². The van der Waals surface area contributed by atoms with E-state index in [1.165, 1.54) is 11.3 Å². The lowest BCUT2D eigenvalue weighted by atomic mass is 9.91. The van der Waals surface area contributed by atoms with Crippen molar-refractivity contribution in [2.45, 2.75) is 18.1 Å². The Morgan fingerprint density at radius 2 is 2.06 bits per heavy atom. The van der Waals surface area contributed by atoms with Crippen molar-refractivity contribution in [2.75, 3.05) is 32.1 Å². The lowest BCUT2D eigenvalue weighted by Gasteiger charge is -2.21. The van der Waals surface area contributed by atoms with Gasteiger partial charge in [0.25, 0.3) is 5.91 Å². The topological polar surface area (TPSA) is 100 Å². The van der Waals surface area contributed by atoms with E-state index in [1.54, 1.807) is 24.2 Å². The molecule has 1 aromatic carbocycles. The minimum atomic E-state index is -1.47. The minimum absolute atomic E-state index is 0.262. The van der Waals surface area contributed by atoms with Crippen LogP contribution in [0.3, 0.4) is 0 Å². The average molecular weight is 450 g/mol. The average Bonchev–Trinajstić information content (AvgIpc) is 3.27. The number of benzene rings is 1. The van der Waals surface area contributed by atoms with E-state index in [9.17, 15) is 9.90 Å². The van der Waals surface area contributed by atoms with Gasteiger partial charge in [0.1, 0.15) is 10.7 Å². The Kier molecular flexibility index (Phi) is 4.53. The number of hydrogen-bond donors (Lipinski definition) is 2. The highest BCUT2D eigenvalue weighted by Crippen LogP contribution is 2.45. The van der Waals surface area contributed by atoms with Crippen molar-refractivity contribution in [1.82, 2.24) is 19.9 Å². The predicted octanol–water partition coefficient (Wildman–Crippen LogP) is 2.37. The van der Waals surface area contributed by atoms with Gasteiger partial charge in [-0.15, -0.1) is 11.3 Å². The summed E-state index contributed by atoms with van der Waals surface area (Å²) in [7, 11) is 1.71. The van der Waals surface area contributed by atoms with Crippen LogP contribution < -0.4 is 5.32 Å². The summed E-state index contributed by atoms with van der Waals surface area (Å²) in [4.78, 5) is 27.8. The van der Waals surface area contributed by atoms with Gasteiger partial charge in [0, 0.05) is 55.0 Å². The summed E-state index contributed by atoms with van der Waals surface area (Å²) < 4.78 is 5.44. The fraction of sp³-hybridized carbons (Fsp3) is 0.391. The summed E-state index contributed by atoms with van der Waals surface area (Å²) in [6.45, 7) is 2.17.